The third-order valence-corrected chi connectivity index (χ3v) is 4.27. The van der Waals surface area contributed by atoms with Crippen molar-refractivity contribution in [1.29, 1.82) is 0 Å². The largest absolute Gasteiger partial charge is 0.454 e. The number of para-hydroxylation sites is 1. The maximum Gasteiger partial charge on any atom is 0.152 e. The smallest absolute Gasteiger partial charge is 0.152 e. The first-order valence-corrected chi connectivity index (χ1v) is 7.33. The highest BCUT2D eigenvalue weighted by Crippen LogP contribution is 2.36. The van der Waals surface area contributed by atoms with Crippen molar-refractivity contribution in [2.75, 3.05) is 5.73 Å². The Balaban J connectivity index is 2.05. The Kier molecular flexibility index (Phi) is 3.16. The molecule has 0 spiro atoms. The van der Waals surface area contributed by atoms with Gasteiger partial charge in [0.15, 0.2) is 5.75 Å². The van der Waals surface area contributed by atoms with E-state index < -0.39 is 0 Å². The number of ether oxygens (including phenoxy) is 1. The topological polar surface area (TPSA) is 48.1 Å². The summed E-state index contributed by atoms with van der Waals surface area (Å²) in [6.45, 7) is 1.98. The number of anilines is 1. The number of nitrogens with two attached hydrogens (primary N) is 1. The molecule has 0 bridgehead atoms. The number of aryl methyl sites for hydroxylation is 1. The molecule has 0 amide bonds. The molecule has 1 aromatic heterocycles. The lowest BCUT2D eigenvalue weighted by atomic mass is 10.2. The monoisotopic (exact) mass is 334 g/mol. The molecule has 2 N–H and O–H groups in total. The number of aromatic nitrogens is 1. The molecule has 19 heavy (non-hydrogen) atoms. The Hall–Kier alpha value is -1.59. The Morgan fingerprint density at radius 2 is 2.00 bits per heavy atom. The molecule has 96 valence electrons. The summed E-state index contributed by atoms with van der Waals surface area (Å²) in [6.07, 6.45) is 0. The van der Waals surface area contributed by atoms with Crippen molar-refractivity contribution in [2.24, 2.45) is 0 Å². The van der Waals surface area contributed by atoms with Gasteiger partial charge in [-0.15, -0.1) is 11.3 Å². The minimum Gasteiger partial charge on any atom is -0.454 e. The van der Waals surface area contributed by atoms with E-state index >= 15 is 0 Å². The lowest BCUT2D eigenvalue weighted by molar-refractivity contribution is 0.482. The van der Waals surface area contributed by atoms with Crippen molar-refractivity contribution in [2.45, 2.75) is 6.92 Å². The molecule has 0 aliphatic rings. The van der Waals surface area contributed by atoms with Crippen LogP contribution in [0.5, 0.6) is 11.5 Å². The minimum atomic E-state index is 0.618. The van der Waals surface area contributed by atoms with Gasteiger partial charge in [0.1, 0.15) is 5.75 Å². The molecular weight excluding hydrogens is 324 g/mol. The summed E-state index contributed by atoms with van der Waals surface area (Å²) < 4.78 is 7.82. The summed E-state index contributed by atoms with van der Waals surface area (Å²) in [5.74, 6) is 1.37. The number of hydrogen-bond acceptors (Lipinski definition) is 4. The summed E-state index contributed by atoms with van der Waals surface area (Å²) in [5.41, 5.74) is 7.57. The van der Waals surface area contributed by atoms with E-state index in [1.807, 2.05) is 43.3 Å². The van der Waals surface area contributed by atoms with Crippen LogP contribution in [0.1, 0.15) is 5.01 Å². The van der Waals surface area contributed by atoms with Gasteiger partial charge in [0.25, 0.3) is 0 Å². The zero-order valence-corrected chi connectivity index (χ0v) is 12.6. The first kappa shape index (κ1) is 12.4. The summed E-state index contributed by atoms with van der Waals surface area (Å²) in [4.78, 5) is 4.45. The van der Waals surface area contributed by atoms with Gasteiger partial charge < -0.3 is 10.5 Å². The molecule has 0 atom stereocenters. The van der Waals surface area contributed by atoms with Gasteiger partial charge in [-0.1, -0.05) is 12.1 Å². The van der Waals surface area contributed by atoms with Crippen molar-refractivity contribution < 1.29 is 4.74 Å². The van der Waals surface area contributed by atoms with Gasteiger partial charge in [0.2, 0.25) is 0 Å². The van der Waals surface area contributed by atoms with E-state index in [2.05, 4.69) is 20.9 Å². The van der Waals surface area contributed by atoms with E-state index in [0.29, 0.717) is 11.4 Å². The number of benzene rings is 2. The SMILES string of the molecule is Cc1nc2cc(Oc3ccccc3Br)c(N)cc2s1. The number of fused-ring (bicyclic) bond motifs is 1. The van der Waals surface area contributed by atoms with Crippen LogP contribution in [0.25, 0.3) is 10.2 Å². The molecule has 3 rings (SSSR count). The van der Waals surface area contributed by atoms with E-state index in [1.54, 1.807) is 11.3 Å². The Bertz CT molecular complexity index is 754. The summed E-state index contributed by atoms with van der Waals surface area (Å²) >= 11 is 5.08. The van der Waals surface area contributed by atoms with Crippen molar-refractivity contribution in [1.82, 2.24) is 4.98 Å². The average Bonchev–Trinajstić information content (AvgIpc) is 2.71. The second-order valence-electron chi connectivity index (χ2n) is 4.12. The highest BCUT2D eigenvalue weighted by Gasteiger charge is 2.09. The maximum absolute atomic E-state index is 6.03. The molecule has 0 saturated heterocycles. The normalized spacial score (nSPS) is 10.8. The zero-order valence-electron chi connectivity index (χ0n) is 10.2. The van der Waals surface area contributed by atoms with Crippen LogP contribution in [0.4, 0.5) is 5.69 Å². The molecule has 3 nitrogen and oxygen atoms in total. The third-order valence-electron chi connectivity index (χ3n) is 2.68. The number of nitrogens with zero attached hydrogens (tertiary/aromatic N) is 1. The van der Waals surface area contributed by atoms with E-state index in [0.717, 1.165) is 25.4 Å². The lowest BCUT2D eigenvalue weighted by Gasteiger charge is -2.09. The molecule has 0 aliphatic carbocycles. The lowest BCUT2D eigenvalue weighted by Crippen LogP contribution is -1.92. The van der Waals surface area contributed by atoms with Crippen LogP contribution in [0.15, 0.2) is 40.9 Å². The van der Waals surface area contributed by atoms with Crippen LogP contribution < -0.4 is 10.5 Å². The van der Waals surface area contributed by atoms with Gasteiger partial charge in [-0.25, -0.2) is 4.98 Å². The van der Waals surface area contributed by atoms with Crippen molar-refractivity contribution >= 4 is 43.2 Å². The number of nitrogen functional groups attached to an aromatic ring is 1. The fourth-order valence-corrected chi connectivity index (χ4v) is 3.04. The summed E-state index contributed by atoms with van der Waals surface area (Å²) in [6, 6.07) is 11.5. The molecule has 0 fully saturated rings. The molecular formula is C14H11BrN2OS. The predicted octanol–water partition coefficient (Wildman–Crippen LogP) is 4.74. The molecule has 5 heteroatoms. The number of hydrogen-bond donors (Lipinski definition) is 1. The fraction of sp³-hybridized carbons (Fsp3) is 0.0714. The molecule has 0 saturated carbocycles. The van der Waals surface area contributed by atoms with Gasteiger partial charge in [-0.3, -0.25) is 0 Å². The van der Waals surface area contributed by atoms with E-state index in [-0.39, 0.29) is 0 Å². The van der Waals surface area contributed by atoms with Crippen molar-refractivity contribution in [3.63, 3.8) is 0 Å². The van der Waals surface area contributed by atoms with Crippen LogP contribution in [-0.2, 0) is 0 Å². The third kappa shape index (κ3) is 2.43. The standard InChI is InChI=1S/C14H11BrN2OS/c1-8-17-11-7-13(10(16)6-14(11)19-8)18-12-5-3-2-4-9(12)15/h2-7H,16H2,1H3. The summed E-state index contributed by atoms with van der Waals surface area (Å²) in [7, 11) is 0. The van der Waals surface area contributed by atoms with Crippen LogP contribution in [0.2, 0.25) is 0 Å². The minimum absolute atomic E-state index is 0.618. The molecule has 0 unspecified atom stereocenters. The van der Waals surface area contributed by atoms with E-state index in [9.17, 15) is 0 Å². The van der Waals surface area contributed by atoms with Crippen LogP contribution in [0.3, 0.4) is 0 Å². The second-order valence-corrected chi connectivity index (χ2v) is 6.21. The Labute approximate surface area is 123 Å². The van der Waals surface area contributed by atoms with Gasteiger partial charge in [0.05, 0.1) is 25.4 Å². The number of rotatable bonds is 2. The molecule has 2 aromatic carbocycles. The Morgan fingerprint density at radius 3 is 2.79 bits per heavy atom. The number of thiazole rings is 1. The van der Waals surface area contributed by atoms with Gasteiger partial charge in [0, 0.05) is 6.07 Å². The molecule has 0 aliphatic heterocycles. The van der Waals surface area contributed by atoms with E-state index in [1.165, 1.54) is 0 Å². The van der Waals surface area contributed by atoms with Crippen LogP contribution >= 0.6 is 27.3 Å². The quantitative estimate of drug-likeness (QED) is 0.688. The molecule has 1 heterocycles. The summed E-state index contributed by atoms with van der Waals surface area (Å²) in [5, 5.41) is 1.02. The second kappa shape index (κ2) is 4.83. The highest BCUT2D eigenvalue weighted by molar-refractivity contribution is 9.10. The highest BCUT2D eigenvalue weighted by atomic mass is 79.9. The maximum atomic E-state index is 6.03. The fourth-order valence-electron chi connectivity index (χ4n) is 1.82. The van der Waals surface area contributed by atoms with Crippen LogP contribution in [-0.4, -0.2) is 4.98 Å². The van der Waals surface area contributed by atoms with Crippen LogP contribution in [0, 0.1) is 6.92 Å². The average molecular weight is 335 g/mol. The zero-order chi connectivity index (χ0) is 13.4. The first-order chi connectivity index (χ1) is 9.13. The van der Waals surface area contributed by atoms with Gasteiger partial charge >= 0.3 is 0 Å². The van der Waals surface area contributed by atoms with Crippen molar-refractivity contribution in [3.05, 3.63) is 45.9 Å². The Morgan fingerprint density at radius 1 is 1.21 bits per heavy atom. The molecule has 0 radical (unpaired) electrons. The first-order valence-electron chi connectivity index (χ1n) is 5.72. The van der Waals surface area contributed by atoms with E-state index in [4.69, 9.17) is 10.5 Å². The van der Waals surface area contributed by atoms with Gasteiger partial charge in [-0.2, -0.15) is 0 Å². The van der Waals surface area contributed by atoms with Gasteiger partial charge in [-0.05, 0) is 41.1 Å². The predicted molar refractivity (Wildman–Crippen MR) is 83.0 cm³/mol. The number of halogens is 1. The molecule has 3 aromatic rings. The van der Waals surface area contributed by atoms with Crippen molar-refractivity contribution in [3.8, 4) is 11.5 Å².